The molecule has 1 aliphatic rings. The topological polar surface area (TPSA) is 82.9 Å². The number of pyridine rings is 1. The smallest absolute Gasteiger partial charge is 0.213 e. The summed E-state index contributed by atoms with van der Waals surface area (Å²) in [6.45, 7) is 4.17. The standard InChI is InChI=1S/C25H23F2N5O2/c1-13-14(2)29-25-23(28-13)22(17-8-7-16(26)12-18(17)27)31-24(32-25)15-9-10-34-20(11-15)19-5-4-6-21(30-19)33-3/h4-8,12,15,20H,9-11H2,1-3H3/t15-,20-/m1/s1. The highest BCUT2D eigenvalue weighted by Crippen LogP contribution is 2.38. The largest absolute Gasteiger partial charge is 0.481 e. The molecule has 9 heteroatoms. The van der Waals surface area contributed by atoms with Gasteiger partial charge in [-0.3, -0.25) is 0 Å². The number of benzene rings is 1. The number of hydrogen-bond donors (Lipinski definition) is 0. The molecule has 1 fully saturated rings. The molecule has 1 aliphatic heterocycles. The van der Waals surface area contributed by atoms with Gasteiger partial charge in [-0.25, -0.2) is 33.7 Å². The van der Waals surface area contributed by atoms with Crippen molar-refractivity contribution >= 4 is 11.2 Å². The summed E-state index contributed by atoms with van der Waals surface area (Å²) in [4.78, 5) is 23.1. The van der Waals surface area contributed by atoms with E-state index in [4.69, 9.17) is 19.4 Å². The van der Waals surface area contributed by atoms with E-state index < -0.39 is 11.6 Å². The summed E-state index contributed by atoms with van der Waals surface area (Å²) < 4.78 is 39.6. The van der Waals surface area contributed by atoms with Gasteiger partial charge < -0.3 is 9.47 Å². The summed E-state index contributed by atoms with van der Waals surface area (Å²) >= 11 is 0. The first-order chi connectivity index (χ1) is 16.4. The summed E-state index contributed by atoms with van der Waals surface area (Å²) in [7, 11) is 1.57. The maximum atomic E-state index is 14.8. The van der Waals surface area contributed by atoms with Crippen molar-refractivity contribution in [1.29, 1.82) is 0 Å². The molecule has 0 N–H and O–H groups in total. The van der Waals surface area contributed by atoms with Gasteiger partial charge in [-0.15, -0.1) is 0 Å². The SMILES string of the molecule is COc1cccc([C@H]2C[C@H](c3nc(-c4ccc(F)cc4F)c4nc(C)c(C)nc4n3)CCO2)n1. The number of aryl methyl sites for hydroxylation is 2. The van der Waals surface area contributed by atoms with E-state index in [1.165, 1.54) is 12.1 Å². The van der Waals surface area contributed by atoms with Crippen LogP contribution in [0, 0.1) is 25.5 Å². The molecular weight excluding hydrogens is 440 g/mol. The molecule has 7 nitrogen and oxygen atoms in total. The van der Waals surface area contributed by atoms with E-state index in [0.717, 1.165) is 17.5 Å². The number of methoxy groups -OCH3 is 1. The first-order valence-electron chi connectivity index (χ1n) is 11.0. The van der Waals surface area contributed by atoms with E-state index in [1.807, 2.05) is 26.0 Å². The van der Waals surface area contributed by atoms with Crippen LogP contribution in [0.2, 0.25) is 0 Å². The van der Waals surface area contributed by atoms with Crippen LogP contribution < -0.4 is 4.74 Å². The second kappa shape index (κ2) is 8.98. The van der Waals surface area contributed by atoms with Gasteiger partial charge in [0.2, 0.25) is 5.88 Å². The molecule has 34 heavy (non-hydrogen) atoms. The van der Waals surface area contributed by atoms with Crippen molar-refractivity contribution in [3.63, 3.8) is 0 Å². The van der Waals surface area contributed by atoms with Crippen LogP contribution in [0.15, 0.2) is 36.4 Å². The highest BCUT2D eigenvalue weighted by Gasteiger charge is 2.29. The summed E-state index contributed by atoms with van der Waals surface area (Å²) in [5.74, 6) is -0.394. The zero-order valence-corrected chi connectivity index (χ0v) is 19.0. The molecule has 3 aromatic heterocycles. The number of fused-ring (bicyclic) bond motifs is 1. The van der Waals surface area contributed by atoms with Crippen LogP contribution >= 0.6 is 0 Å². The fourth-order valence-electron chi connectivity index (χ4n) is 4.14. The Morgan fingerprint density at radius 2 is 1.79 bits per heavy atom. The normalized spacial score (nSPS) is 18.3. The van der Waals surface area contributed by atoms with Crippen LogP contribution in [0.4, 0.5) is 8.78 Å². The van der Waals surface area contributed by atoms with Crippen LogP contribution in [0.3, 0.4) is 0 Å². The second-order valence-corrected chi connectivity index (χ2v) is 8.31. The minimum absolute atomic E-state index is 0.0678. The first-order valence-corrected chi connectivity index (χ1v) is 11.0. The first kappa shape index (κ1) is 22.2. The molecule has 4 heterocycles. The molecule has 0 amide bonds. The lowest BCUT2D eigenvalue weighted by atomic mass is 9.92. The van der Waals surface area contributed by atoms with Crippen molar-refractivity contribution in [3.05, 3.63) is 70.9 Å². The fourth-order valence-corrected chi connectivity index (χ4v) is 4.14. The van der Waals surface area contributed by atoms with Crippen molar-refractivity contribution in [3.8, 4) is 17.1 Å². The maximum absolute atomic E-state index is 14.8. The number of nitrogens with zero attached hydrogens (tertiary/aromatic N) is 5. The van der Waals surface area contributed by atoms with Gasteiger partial charge in [0.05, 0.1) is 24.2 Å². The third-order valence-electron chi connectivity index (χ3n) is 6.08. The van der Waals surface area contributed by atoms with Gasteiger partial charge in [0, 0.05) is 30.2 Å². The van der Waals surface area contributed by atoms with Gasteiger partial charge in [-0.05, 0) is 44.9 Å². The number of rotatable bonds is 4. The predicted molar refractivity (Wildman–Crippen MR) is 121 cm³/mol. The maximum Gasteiger partial charge on any atom is 0.213 e. The van der Waals surface area contributed by atoms with Crippen LogP contribution in [0.25, 0.3) is 22.4 Å². The van der Waals surface area contributed by atoms with E-state index in [2.05, 4.69) is 15.0 Å². The lowest BCUT2D eigenvalue weighted by Gasteiger charge is -2.28. The highest BCUT2D eigenvalue weighted by atomic mass is 19.1. The third-order valence-corrected chi connectivity index (χ3v) is 6.08. The van der Waals surface area contributed by atoms with Crippen molar-refractivity contribution < 1.29 is 18.3 Å². The number of halogens is 2. The zero-order valence-electron chi connectivity index (χ0n) is 19.0. The van der Waals surface area contributed by atoms with Crippen molar-refractivity contribution in [1.82, 2.24) is 24.9 Å². The number of hydrogen-bond acceptors (Lipinski definition) is 7. The Morgan fingerprint density at radius 1 is 0.971 bits per heavy atom. The van der Waals surface area contributed by atoms with Gasteiger partial charge in [0.25, 0.3) is 0 Å². The Balaban J connectivity index is 1.60. The lowest BCUT2D eigenvalue weighted by Crippen LogP contribution is -2.21. The molecule has 1 aromatic carbocycles. The second-order valence-electron chi connectivity index (χ2n) is 8.31. The van der Waals surface area contributed by atoms with Gasteiger partial charge in [-0.2, -0.15) is 0 Å². The molecule has 0 unspecified atom stereocenters. The van der Waals surface area contributed by atoms with E-state index in [9.17, 15) is 8.78 Å². The average molecular weight is 463 g/mol. The summed E-state index contributed by atoms with van der Waals surface area (Å²) in [5.41, 5.74) is 3.42. The van der Waals surface area contributed by atoms with E-state index in [-0.39, 0.29) is 17.6 Å². The van der Waals surface area contributed by atoms with Gasteiger partial charge in [0.15, 0.2) is 5.65 Å². The molecule has 0 saturated carbocycles. The lowest BCUT2D eigenvalue weighted by molar-refractivity contribution is 0.00123. The molecule has 174 valence electrons. The average Bonchev–Trinajstić information content (AvgIpc) is 2.84. The Bertz CT molecular complexity index is 1380. The van der Waals surface area contributed by atoms with Gasteiger partial charge >= 0.3 is 0 Å². The molecule has 0 spiro atoms. The molecule has 1 saturated heterocycles. The Labute approximate surface area is 195 Å². The summed E-state index contributed by atoms with van der Waals surface area (Å²) in [6.07, 6.45) is 1.02. The Kier molecular flexibility index (Phi) is 5.87. The Morgan fingerprint density at radius 3 is 2.59 bits per heavy atom. The Hall–Kier alpha value is -3.59. The fraction of sp³-hybridized carbons (Fsp3) is 0.320. The molecule has 0 bridgehead atoms. The van der Waals surface area contributed by atoms with Crippen molar-refractivity contribution in [2.24, 2.45) is 0 Å². The molecular formula is C25H23F2N5O2. The number of aromatic nitrogens is 5. The van der Waals surface area contributed by atoms with E-state index in [1.54, 1.807) is 13.2 Å². The minimum Gasteiger partial charge on any atom is -0.481 e. The predicted octanol–water partition coefficient (Wildman–Crippen LogP) is 5.02. The molecule has 4 aromatic rings. The minimum atomic E-state index is -0.712. The van der Waals surface area contributed by atoms with E-state index >= 15 is 0 Å². The van der Waals surface area contributed by atoms with Crippen LogP contribution in [-0.2, 0) is 4.74 Å². The van der Waals surface area contributed by atoms with Gasteiger partial charge in [-0.1, -0.05) is 6.07 Å². The van der Waals surface area contributed by atoms with Crippen LogP contribution in [0.1, 0.15) is 47.8 Å². The highest BCUT2D eigenvalue weighted by molar-refractivity contribution is 5.87. The molecule has 0 aliphatic carbocycles. The van der Waals surface area contributed by atoms with Crippen LogP contribution in [-0.4, -0.2) is 38.6 Å². The van der Waals surface area contributed by atoms with Crippen LogP contribution in [0.5, 0.6) is 5.88 Å². The summed E-state index contributed by atoms with van der Waals surface area (Å²) in [6, 6.07) is 8.98. The summed E-state index contributed by atoms with van der Waals surface area (Å²) in [5, 5.41) is 0. The van der Waals surface area contributed by atoms with Crippen molar-refractivity contribution in [2.75, 3.05) is 13.7 Å². The zero-order chi connectivity index (χ0) is 23.8. The number of ether oxygens (including phenoxy) is 2. The molecule has 5 rings (SSSR count). The molecule has 0 radical (unpaired) electrons. The van der Waals surface area contributed by atoms with E-state index in [0.29, 0.717) is 53.7 Å². The molecule has 2 atom stereocenters. The third kappa shape index (κ3) is 4.19. The van der Waals surface area contributed by atoms with Gasteiger partial charge in [0.1, 0.15) is 34.8 Å². The van der Waals surface area contributed by atoms with Crippen molar-refractivity contribution in [2.45, 2.75) is 38.7 Å². The monoisotopic (exact) mass is 463 g/mol. The quantitative estimate of drug-likeness (QED) is 0.420.